The van der Waals surface area contributed by atoms with Crippen LogP contribution in [-0.2, 0) is 16.6 Å². The summed E-state index contributed by atoms with van der Waals surface area (Å²) in [5, 5.41) is 0. The van der Waals surface area contributed by atoms with E-state index >= 15 is 0 Å². The molecule has 0 spiro atoms. The van der Waals surface area contributed by atoms with Gasteiger partial charge in [0.15, 0.2) is 0 Å². The number of nitrogens with zero attached hydrogens (tertiary/aromatic N) is 1. The van der Waals surface area contributed by atoms with Gasteiger partial charge in [-0.2, -0.15) is 0 Å². The molecule has 0 aliphatic carbocycles. The molecule has 5 nitrogen and oxygen atoms in total. The third-order valence-corrected chi connectivity index (χ3v) is 4.97. The molecule has 0 atom stereocenters. The molecule has 1 aromatic carbocycles. The summed E-state index contributed by atoms with van der Waals surface area (Å²) in [5.74, 6) is 0.667. The van der Waals surface area contributed by atoms with Crippen molar-refractivity contribution in [2.45, 2.75) is 32.2 Å². The molecule has 0 aliphatic heterocycles. The largest absolute Gasteiger partial charge is 0.494 e. The fourth-order valence-corrected chi connectivity index (χ4v) is 3.33. The van der Waals surface area contributed by atoms with E-state index in [1.165, 1.54) is 0 Å². The molecular formula is C16H22N2O3S. The Bertz CT molecular complexity index is 699. The molecule has 0 aliphatic rings. The van der Waals surface area contributed by atoms with Gasteiger partial charge < -0.3 is 9.30 Å². The van der Waals surface area contributed by atoms with Gasteiger partial charge in [-0.3, -0.25) is 0 Å². The van der Waals surface area contributed by atoms with Gasteiger partial charge in [0.05, 0.1) is 11.5 Å². The third kappa shape index (κ3) is 3.90. The number of sulfonamides is 1. The maximum atomic E-state index is 12.2. The minimum Gasteiger partial charge on any atom is -0.494 e. The van der Waals surface area contributed by atoms with Crippen molar-refractivity contribution in [3.63, 3.8) is 0 Å². The molecule has 0 unspecified atom stereocenters. The number of hydrogen-bond donors (Lipinski definition) is 1. The maximum Gasteiger partial charge on any atom is 0.240 e. The molecule has 0 saturated heterocycles. The highest BCUT2D eigenvalue weighted by Crippen LogP contribution is 2.15. The van der Waals surface area contributed by atoms with E-state index in [0.717, 1.165) is 11.4 Å². The van der Waals surface area contributed by atoms with E-state index in [9.17, 15) is 8.42 Å². The van der Waals surface area contributed by atoms with Gasteiger partial charge in [-0.15, -0.1) is 0 Å². The summed E-state index contributed by atoms with van der Waals surface area (Å²) >= 11 is 0. The standard InChI is InChI=1S/C16H22N2O3S/c1-4-21-15-7-9-16(10-8-15)22(19,20)17-11-12-18-13(2)5-6-14(18)3/h5-10,17H,4,11-12H2,1-3H3. The molecule has 0 saturated carbocycles. The fraction of sp³-hybridized carbons (Fsp3) is 0.375. The minimum atomic E-state index is -3.49. The van der Waals surface area contributed by atoms with E-state index in [4.69, 9.17) is 4.74 Å². The lowest BCUT2D eigenvalue weighted by Crippen LogP contribution is -2.27. The molecule has 0 amide bonds. The zero-order valence-corrected chi connectivity index (χ0v) is 14.0. The van der Waals surface area contributed by atoms with Gasteiger partial charge in [-0.1, -0.05) is 0 Å². The zero-order valence-electron chi connectivity index (χ0n) is 13.2. The van der Waals surface area contributed by atoms with Crippen molar-refractivity contribution >= 4 is 10.0 Å². The van der Waals surface area contributed by atoms with Crippen molar-refractivity contribution in [2.24, 2.45) is 0 Å². The predicted octanol–water partition coefficient (Wildman–Crippen LogP) is 2.48. The number of hydrogen-bond acceptors (Lipinski definition) is 3. The smallest absolute Gasteiger partial charge is 0.240 e. The van der Waals surface area contributed by atoms with Crippen molar-refractivity contribution in [2.75, 3.05) is 13.2 Å². The van der Waals surface area contributed by atoms with Crippen LogP contribution < -0.4 is 9.46 Å². The van der Waals surface area contributed by atoms with Gasteiger partial charge in [0.1, 0.15) is 5.75 Å². The second kappa shape index (κ2) is 6.98. The van der Waals surface area contributed by atoms with Gasteiger partial charge in [0, 0.05) is 24.5 Å². The predicted molar refractivity (Wildman–Crippen MR) is 86.7 cm³/mol. The second-order valence-corrected chi connectivity index (χ2v) is 6.84. The van der Waals surface area contributed by atoms with Crippen molar-refractivity contribution < 1.29 is 13.2 Å². The molecule has 1 N–H and O–H groups in total. The highest BCUT2D eigenvalue weighted by molar-refractivity contribution is 7.89. The minimum absolute atomic E-state index is 0.247. The van der Waals surface area contributed by atoms with Crippen LogP contribution in [0.4, 0.5) is 0 Å². The van der Waals surface area contributed by atoms with E-state index in [0.29, 0.717) is 25.4 Å². The van der Waals surface area contributed by atoms with Crippen LogP contribution in [0, 0.1) is 13.8 Å². The summed E-state index contributed by atoms with van der Waals surface area (Å²) in [6.45, 7) is 7.42. The van der Waals surface area contributed by atoms with Gasteiger partial charge >= 0.3 is 0 Å². The average molecular weight is 322 g/mol. The van der Waals surface area contributed by atoms with Gasteiger partial charge in [-0.25, -0.2) is 13.1 Å². The van der Waals surface area contributed by atoms with Crippen LogP contribution in [0.1, 0.15) is 18.3 Å². The summed E-state index contributed by atoms with van der Waals surface area (Å²) in [5.41, 5.74) is 2.25. The van der Waals surface area contributed by atoms with E-state index < -0.39 is 10.0 Å². The van der Waals surface area contributed by atoms with E-state index in [-0.39, 0.29) is 4.90 Å². The zero-order chi connectivity index (χ0) is 16.2. The average Bonchev–Trinajstić information content (AvgIpc) is 2.80. The topological polar surface area (TPSA) is 60.3 Å². The molecule has 22 heavy (non-hydrogen) atoms. The molecule has 120 valence electrons. The SMILES string of the molecule is CCOc1ccc(S(=O)(=O)NCCn2c(C)ccc2C)cc1. The Labute approximate surface area is 132 Å². The Hall–Kier alpha value is -1.79. The van der Waals surface area contributed by atoms with E-state index in [1.54, 1.807) is 24.3 Å². The molecule has 2 rings (SSSR count). The Morgan fingerprint density at radius 2 is 1.64 bits per heavy atom. The van der Waals surface area contributed by atoms with Crippen LogP contribution in [0.5, 0.6) is 5.75 Å². The lowest BCUT2D eigenvalue weighted by atomic mass is 10.3. The van der Waals surface area contributed by atoms with Crippen molar-refractivity contribution in [1.82, 2.24) is 9.29 Å². The van der Waals surface area contributed by atoms with Crippen LogP contribution in [0.2, 0.25) is 0 Å². The molecule has 6 heteroatoms. The summed E-state index contributed by atoms with van der Waals surface area (Å²) in [6, 6.07) is 10.5. The Balaban J connectivity index is 1.99. The lowest BCUT2D eigenvalue weighted by Gasteiger charge is -2.11. The summed E-state index contributed by atoms with van der Waals surface area (Å²) in [7, 11) is -3.49. The number of aromatic nitrogens is 1. The maximum absolute atomic E-state index is 12.2. The normalized spacial score (nSPS) is 11.6. The fourth-order valence-electron chi connectivity index (χ4n) is 2.31. The van der Waals surface area contributed by atoms with Crippen LogP contribution >= 0.6 is 0 Å². The first-order valence-corrected chi connectivity index (χ1v) is 8.77. The molecule has 0 radical (unpaired) electrons. The molecule has 2 aromatic rings. The number of nitrogens with one attached hydrogen (secondary N) is 1. The number of ether oxygens (including phenoxy) is 1. The molecule has 1 aromatic heterocycles. The highest BCUT2D eigenvalue weighted by atomic mass is 32.2. The molecule has 0 fully saturated rings. The van der Waals surface area contributed by atoms with Crippen LogP contribution in [-0.4, -0.2) is 26.1 Å². The van der Waals surface area contributed by atoms with E-state index in [2.05, 4.69) is 9.29 Å². The summed E-state index contributed by atoms with van der Waals surface area (Å²) in [6.07, 6.45) is 0. The highest BCUT2D eigenvalue weighted by Gasteiger charge is 2.13. The van der Waals surface area contributed by atoms with Crippen LogP contribution in [0.25, 0.3) is 0 Å². The first-order chi connectivity index (χ1) is 10.4. The molecule has 0 bridgehead atoms. The monoisotopic (exact) mass is 322 g/mol. The third-order valence-electron chi connectivity index (χ3n) is 3.49. The van der Waals surface area contributed by atoms with Crippen molar-refractivity contribution in [1.29, 1.82) is 0 Å². The Morgan fingerprint density at radius 1 is 1.05 bits per heavy atom. The van der Waals surface area contributed by atoms with Gasteiger partial charge in [0.2, 0.25) is 10.0 Å². The molecular weight excluding hydrogens is 300 g/mol. The Kier molecular flexibility index (Phi) is 5.26. The van der Waals surface area contributed by atoms with Crippen LogP contribution in [0.15, 0.2) is 41.3 Å². The number of benzene rings is 1. The summed E-state index contributed by atoms with van der Waals surface area (Å²) < 4.78 is 34.5. The second-order valence-electron chi connectivity index (χ2n) is 5.07. The quantitative estimate of drug-likeness (QED) is 0.852. The van der Waals surface area contributed by atoms with Gasteiger partial charge in [-0.05, 0) is 57.2 Å². The first-order valence-electron chi connectivity index (χ1n) is 7.29. The first kappa shape index (κ1) is 16.6. The number of rotatable bonds is 7. The number of aryl methyl sites for hydroxylation is 2. The van der Waals surface area contributed by atoms with Gasteiger partial charge in [0.25, 0.3) is 0 Å². The van der Waals surface area contributed by atoms with Crippen LogP contribution in [0.3, 0.4) is 0 Å². The van der Waals surface area contributed by atoms with Crippen molar-refractivity contribution in [3.8, 4) is 5.75 Å². The summed E-state index contributed by atoms with van der Waals surface area (Å²) in [4.78, 5) is 0.247. The molecule has 1 heterocycles. The Morgan fingerprint density at radius 3 is 2.18 bits per heavy atom. The van der Waals surface area contributed by atoms with Crippen molar-refractivity contribution in [3.05, 3.63) is 47.8 Å². The van der Waals surface area contributed by atoms with E-state index in [1.807, 2.05) is 32.9 Å². The lowest BCUT2D eigenvalue weighted by molar-refractivity contribution is 0.340.